The molecular weight excluding hydrogens is 270 g/mol. The van der Waals surface area contributed by atoms with Crippen LogP contribution in [-0.2, 0) is 0 Å². The third-order valence-corrected chi connectivity index (χ3v) is 2.88. The Kier molecular flexibility index (Phi) is 13.8. The Morgan fingerprint density at radius 3 is 1.62 bits per heavy atom. The Bertz CT molecular complexity index is 143. The molecule has 0 heterocycles. The van der Waals surface area contributed by atoms with E-state index in [1.165, 1.54) is 38.5 Å². The third-order valence-electron chi connectivity index (χ3n) is 2.88. The van der Waals surface area contributed by atoms with Gasteiger partial charge >= 0.3 is 0 Å². The number of rotatable bonds is 10. The maximum absolute atomic E-state index is 9.29. The van der Waals surface area contributed by atoms with Crippen LogP contribution in [0.5, 0.6) is 0 Å². The summed E-state index contributed by atoms with van der Waals surface area (Å²) in [4.78, 5) is -0.810. The molecule has 0 saturated carbocycles. The van der Waals surface area contributed by atoms with Gasteiger partial charge in [0.25, 0.3) is 0 Å². The topological polar surface area (TPSA) is 40.5 Å². The van der Waals surface area contributed by atoms with Crippen LogP contribution >= 0.6 is 0 Å². The van der Waals surface area contributed by atoms with Gasteiger partial charge in [-0.1, -0.05) is 45.4 Å². The first kappa shape index (κ1) is 18.7. The maximum Gasteiger partial charge on any atom is 0.142 e. The van der Waals surface area contributed by atoms with Crippen molar-refractivity contribution in [3.8, 4) is 0 Å². The standard InChI is InChI=1S/C12H28NO2.BrH/c1-3-5-6-7-8-9-10-11-12-13(14,15)4-2;/h14-15H,3-12H2,1-2H3;1H/q+1;/p-1. The predicted molar refractivity (Wildman–Crippen MR) is 61.9 cm³/mol. The molecule has 0 fully saturated rings. The van der Waals surface area contributed by atoms with E-state index in [1.807, 2.05) is 0 Å². The lowest BCUT2D eigenvalue weighted by molar-refractivity contribution is -1.24. The molecule has 0 aliphatic rings. The van der Waals surface area contributed by atoms with Crippen LogP contribution in [0, 0.1) is 0 Å². The smallest absolute Gasteiger partial charge is 0.142 e. The maximum atomic E-state index is 9.29. The molecular formula is C12H28BrNO2. The van der Waals surface area contributed by atoms with Crippen molar-refractivity contribution in [1.29, 1.82) is 0 Å². The quantitative estimate of drug-likeness (QED) is 0.355. The minimum atomic E-state index is -0.810. The van der Waals surface area contributed by atoms with Crippen LogP contribution in [0.4, 0.5) is 0 Å². The van der Waals surface area contributed by atoms with E-state index >= 15 is 0 Å². The van der Waals surface area contributed by atoms with Gasteiger partial charge in [0.05, 0.1) is 0 Å². The van der Waals surface area contributed by atoms with Crippen molar-refractivity contribution in [2.45, 2.75) is 65.2 Å². The van der Waals surface area contributed by atoms with E-state index in [0.717, 1.165) is 12.8 Å². The highest BCUT2D eigenvalue weighted by Crippen LogP contribution is 2.09. The van der Waals surface area contributed by atoms with Crippen LogP contribution in [0.15, 0.2) is 0 Å². The number of unbranched alkanes of at least 4 members (excludes halogenated alkanes) is 7. The summed E-state index contributed by atoms with van der Waals surface area (Å²) in [7, 11) is 0. The Labute approximate surface area is 111 Å². The van der Waals surface area contributed by atoms with Crippen molar-refractivity contribution in [3.63, 3.8) is 0 Å². The molecule has 0 atom stereocenters. The van der Waals surface area contributed by atoms with E-state index in [-0.39, 0.29) is 17.0 Å². The van der Waals surface area contributed by atoms with Gasteiger partial charge in [-0.25, -0.2) is 0 Å². The van der Waals surface area contributed by atoms with Crippen molar-refractivity contribution < 1.29 is 32.2 Å². The van der Waals surface area contributed by atoms with Crippen LogP contribution < -0.4 is 17.0 Å². The van der Waals surface area contributed by atoms with E-state index in [4.69, 9.17) is 0 Å². The fourth-order valence-electron chi connectivity index (χ4n) is 1.66. The zero-order valence-electron chi connectivity index (χ0n) is 10.8. The molecule has 0 aliphatic carbocycles. The van der Waals surface area contributed by atoms with Crippen LogP contribution in [0.1, 0.15) is 65.2 Å². The van der Waals surface area contributed by atoms with Gasteiger partial charge < -0.3 is 17.0 Å². The second kappa shape index (κ2) is 11.8. The molecule has 0 saturated heterocycles. The molecule has 100 valence electrons. The van der Waals surface area contributed by atoms with Crippen molar-refractivity contribution in [1.82, 2.24) is 0 Å². The predicted octanol–water partition coefficient (Wildman–Crippen LogP) is 0.746. The minimum Gasteiger partial charge on any atom is -1.00 e. The molecule has 0 rings (SSSR count). The first-order valence-corrected chi connectivity index (χ1v) is 6.45. The number of hydrogen-bond acceptors (Lipinski definition) is 2. The summed E-state index contributed by atoms with van der Waals surface area (Å²) in [5.41, 5.74) is 0. The average molecular weight is 298 g/mol. The number of hydrogen-bond donors (Lipinski definition) is 2. The number of nitrogens with zero attached hydrogens (tertiary/aromatic N) is 1. The molecule has 0 bridgehead atoms. The summed E-state index contributed by atoms with van der Waals surface area (Å²) >= 11 is 0. The zero-order valence-corrected chi connectivity index (χ0v) is 12.4. The average Bonchev–Trinajstić information content (AvgIpc) is 2.22. The second-order valence-corrected chi connectivity index (χ2v) is 4.39. The highest BCUT2D eigenvalue weighted by molar-refractivity contribution is 4.45. The first-order chi connectivity index (χ1) is 7.12. The zero-order chi connectivity index (χ0) is 11.6. The van der Waals surface area contributed by atoms with Gasteiger partial charge in [0.15, 0.2) is 0 Å². The molecule has 0 unspecified atom stereocenters. The molecule has 4 heteroatoms. The van der Waals surface area contributed by atoms with Crippen LogP contribution in [0.3, 0.4) is 0 Å². The molecule has 16 heavy (non-hydrogen) atoms. The Balaban J connectivity index is 0. The lowest BCUT2D eigenvalue weighted by Gasteiger charge is -2.18. The Morgan fingerprint density at radius 2 is 1.19 bits per heavy atom. The van der Waals surface area contributed by atoms with Gasteiger partial charge in [0, 0.05) is 6.42 Å². The van der Waals surface area contributed by atoms with Gasteiger partial charge in [-0.2, -0.15) is 10.4 Å². The fourth-order valence-corrected chi connectivity index (χ4v) is 1.66. The summed E-state index contributed by atoms with van der Waals surface area (Å²) in [5.74, 6) is 0. The second-order valence-electron chi connectivity index (χ2n) is 4.39. The summed E-state index contributed by atoms with van der Waals surface area (Å²) in [6, 6.07) is 0. The Hall–Kier alpha value is 0.360. The van der Waals surface area contributed by atoms with Crippen molar-refractivity contribution in [3.05, 3.63) is 0 Å². The first-order valence-electron chi connectivity index (χ1n) is 6.45. The van der Waals surface area contributed by atoms with Crippen LogP contribution in [0.2, 0.25) is 0 Å². The number of halogens is 1. The van der Waals surface area contributed by atoms with Gasteiger partial charge in [-0.15, -0.1) is 0 Å². The molecule has 0 spiro atoms. The van der Waals surface area contributed by atoms with Gasteiger partial charge in [-0.05, 0) is 18.2 Å². The van der Waals surface area contributed by atoms with Crippen LogP contribution in [-0.4, -0.2) is 28.3 Å². The summed E-state index contributed by atoms with van der Waals surface area (Å²) < 4.78 is 0. The van der Waals surface area contributed by atoms with Crippen molar-refractivity contribution >= 4 is 0 Å². The van der Waals surface area contributed by atoms with E-state index < -0.39 is 4.81 Å². The van der Waals surface area contributed by atoms with E-state index in [1.54, 1.807) is 6.92 Å². The fraction of sp³-hybridized carbons (Fsp3) is 1.00. The summed E-state index contributed by atoms with van der Waals surface area (Å²) in [6.07, 6.45) is 9.89. The molecule has 0 aromatic rings. The highest BCUT2D eigenvalue weighted by Gasteiger charge is 2.17. The Morgan fingerprint density at radius 1 is 0.750 bits per heavy atom. The molecule has 2 N–H and O–H groups in total. The molecule has 0 aromatic heterocycles. The van der Waals surface area contributed by atoms with Crippen molar-refractivity contribution in [2.24, 2.45) is 0 Å². The van der Waals surface area contributed by atoms with Crippen molar-refractivity contribution in [2.75, 3.05) is 13.1 Å². The highest BCUT2D eigenvalue weighted by atomic mass is 79.9. The van der Waals surface area contributed by atoms with Gasteiger partial charge in [-0.3, -0.25) is 0 Å². The van der Waals surface area contributed by atoms with Crippen LogP contribution in [0.25, 0.3) is 0 Å². The largest absolute Gasteiger partial charge is 1.00 e. The lowest BCUT2D eigenvalue weighted by atomic mass is 10.1. The molecule has 0 aliphatic heterocycles. The third kappa shape index (κ3) is 12.4. The molecule has 3 nitrogen and oxygen atoms in total. The van der Waals surface area contributed by atoms with E-state index in [2.05, 4.69) is 6.92 Å². The summed E-state index contributed by atoms with van der Waals surface area (Å²) in [5, 5.41) is 18.6. The van der Waals surface area contributed by atoms with E-state index in [9.17, 15) is 10.4 Å². The molecule has 0 radical (unpaired) electrons. The monoisotopic (exact) mass is 297 g/mol. The molecule has 0 amide bonds. The SMILES string of the molecule is CCCCCCCCCC[N+](O)(O)CC.[Br-]. The van der Waals surface area contributed by atoms with E-state index in [0.29, 0.717) is 13.1 Å². The lowest BCUT2D eigenvalue weighted by Crippen LogP contribution is -3.00. The molecule has 0 aromatic carbocycles. The number of hydroxylamine groups is 4. The summed E-state index contributed by atoms with van der Waals surface area (Å²) in [6.45, 7) is 4.84. The minimum absolute atomic E-state index is 0. The van der Waals surface area contributed by atoms with Gasteiger partial charge in [0.2, 0.25) is 0 Å². The normalized spacial score (nSPS) is 11.2. The number of quaternary nitrogens is 1. The van der Waals surface area contributed by atoms with Gasteiger partial charge in [0.1, 0.15) is 13.1 Å².